The van der Waals surface area contributed by atoms with E-state index in [0.717, 1.165) is 24.2 Å². The predicted octanol–water partition coefficient (Wildman–Crippen LogP) is 2.22. The minimum absolute atomic E-state index is 0.258. The number of nitrogens with one attached hydrogen (secondary N) is 1. The van der Waals surface area contributed by atoms with Gasteiger partial charge in [0.25, 0.3) is 0 Å². The lowest BCUT2D eigenvalue weighted by Gasteiger charge is -2.08. The third kappa shape index (κ3) is 2.15. The standard InChI is InChI=1S/C15H16N2O3/c1-2-20-14(18)12-13(10-8-9-10)17(15(19)16-12)11-6-4-3-5-7-11/h3-7,10H,2,8-9H2,1H3,(H,16,19). The third-order valence-corrected chi connectivity index (χ3v) is 3.39. The molecular weight excluding hydrogens is 256 g/mol. The van der Waals surface area contributed by atoms with E-state index in [1.807, 2.05) is 30.3 Å². The van der Waals surface area contributed by atoms with Crippen LogP contribution in [0.3, 0.4) is 0 Å². The van der Waals surface area contributed by atoms with Gasteiger partial charge in [-0.05, 0) is 31.9 Å². The van der Waals surface area contributed by atoms with E-state index in [4.69, 9.17) is 4.74 Å². The first kappa shape index (κ1) is 12.7. The number of nitrogens with zero attached hydrogens (tertiary/aromatic N) is 1. The first-order valence-corrected chi connectivity index (χ1v) is 6.79. The molecule has 0 unspecified atom stereocenters. The molecule has 1 aromatic heterocycles. The number of hydrogen-bond acceptors (Lipinski definition) is 3. The summed E-state index contributed by atoms with van der Waals surface area (Å²) in [6.07, 6.45) is 1.99. The molecule has 1 heterocycles. The summed E-state index contributed by atoms with van der Waals surface area (Å²) < 4.78 is 6.62. The van der Waals surface area contributed by atoms with Crippen molar-refractivity contribution in [3.63, 3.8) is 0 Å². The second-order valence-corrected chi connectivity index (χ2v) is 4.86. The van der Waals surface area contributed by atoms with Gasteiger partial charge in [-0.1, -0.05) is 18.2 Å². The van der Waals surface area contributed by atoms with Gasteiger partial charge < -0.3 is 4.74 Å². The Hall–Kier alpha value is -2.30. The molecule has 1 aliphatic rings. The lowest BCUT2D eigenvalue weighted by atomic mass is 10.2. The highest BCUT2D eigenvalue weighted by Crippen LogP contribution is 2.41. The smallest absolute Gasteiger partial charge is 0.356 e. The zero-order chi connectivity index (χ0) is 14.1. The van der Waals surface area contributed by atoms with Crippen LogP contribution in [0.5, 0.6) is 0 Å². The Labute approximate surface area is 116 Å². The maximum absolute atomic E-state index is 12.2. The van der Waals surface area contributed by atoms with Gasteiger partial charge >= 0.3 is 11.7 Å². The predicted molar refractivity (Wildman–Crippen MR) is 74.3 cm³/mol. The Morgan fingerprint density at radius 1 is 1.35 bits per heavy atom. The molecule has 0 spiro atoms. The molecule has 2 aromatic rings. The average molecular weight is 272 g/mol. The third-order valence-electron chi connectivity index (χ3n) is 3.39. The van der Waals surface area contributed by atoms with E-state index in [1.54, 1.807) is 11.5 Å². The molecule has 0 saturated heterocycles. The summed E-state index contributed by atoms with van der Waals surface area (Å²) in [4.78, 5) is 26.8. The molecule has 0 bridgehead atoms. The minimum atomic E-state index is -0.457. The minimum Gasteiger partial charge on any atom is -0.461 e. The number of para-hydroxylation sites is 1. The summed E-state index contributed by atoms with van der Waals surface area (Å²) in [5, 5.41) is 0. The lowest BCUT2D eigenvalue weighted by molar-refractivity contribution is 0.0518. The molecule has 0 amide bonds. The van der Waals surface area contributed by atoms with Crippen molar-refractivity contribution in [3.8, 4) is 5.69 Å². The SMILES string of the molecule is CCOC(=O)c1[nH]c(=O)n(-c2ccccc2)c1C1CC1. The second-order valence-electron chi connectivity index (χ2n) is 4.86. The summed E-state index contributed by atoms with van der Waals surface area (Å²) in [6, 6.07) is 9.35. The highest BCUT2D eigenvalue weighted by molar-refractivity contribution is 5.89. The Kier molecular flexibility index (Phi) is 3.18. The number of benzene rings is 1. The van der Waals surface area contributed by atoms with Crippen molar-refractivity contribution in [1.82, 2.24) is 9.55 Å². The number of carbonyl (C=O) groups is 1. The van der Waals surface area contributed by atoms with E-state index in [1.165, 1.54) is 0 Å². The fraction of sp³-hybridized carbons (Fsp3) is 0.333. The van der Waals surface area contributed by atoms with E-state index in [9.17, 15) is 9.59 Å². The molecule has 1 aliphatic carbocycles. The molecule has 1 saturated carbocycles. The second kappa shape index (κ2) is 5.00. The van der Waals surface area contributed by atoms with Gasteiger partial charge in [-0.3, -0.25) is 9.55 Å². The van der Waals surface area contributed by atoms with Gasteiger partial charge in [-0.15, -0.1) is 0 Å². The Morgan fingerprint density at radius 2 is 2.05 bits per heavy atom. The van der Waals surface area contributed by atoms with E-state index < -0.39 is 5.97 Å². The molecule has 104 valence electrons. The first-order chi connectivity index (χ1) is 9.72. The normalized spacial score (nSPS) is 14.2. The van der Waals surface area contributed by atoms with Gasteiger partial charge in [0.05, 0.1) is 18.0 Å². The number of hydrogen-bond donors (Lipinski definition) is 1. The Morgan fingerprint density at radius 3 is 2.65 bits per heavy atom. The number of carbonyl (C=O) groups excluding carboxylic acids is 1. The zero-order valence-corrected chi connectivity index (χ0v) is 11.3. The van der Waals surface area contributed by atoms with Crippen LogP contribution >= 0.6 is 0 Å². The fourth-order valence-corrected chi connectivity index (χ4v) is 2.38. The molecule has 1 N–H and O–H groups in total. The van der Waals surface area contributed by atoms with Crippen molar-refractivity contribution in [2.45, 2.75) is 25.7 Å². The summed E-state index contributed by atoms with van der Waals surface area (Å²) in [7, 11) is 0. The number of aromatic nitrogens is 2. The highest BCUT2D eigenvalue weighted by Gasteiger charge is 2.34. The molecule has 1 fully saturated rings. The summed E-state index contributed by atoms with van der Waals surface area (Å²) in [5.74, 6) is -0.199. The topological polar surface area (TPSA) is 64.1 Å². The first-order valence-electron chi connectivity index (χ1n) is 6.79. The lowest BCUT2D eigenvalue weighted by Crippen LogP contribution is -2.16. The monoisotopic (exact) mass is 272 g/mol. The van der Waals surface area contributed by atoms with Crippen LogP contribution in [0.15, 0.2) is 35.1 Å². The van der Waals surface area contributed by atoms with Gasteiger partial charge in [-0.25, -0.2) is 9.59 Å². The van der Waals surface area contributed by atoms with Crippen LogP contribution in [-0.2, 0) is 4.74 Å². The van der Waals surface area contributed by atoms with Gasteiger partial charge in [0, 0.05) is 5.92 Å². The highest BCUT2D eigenvalue weighted by atomic mass is 16.5. The van der Waals surface area contributed by atoms with Crippen molar-refractivity contribution in [1.29, 1.82) is 0 Å². The van der Waals surface area contributed by atoms with Crippen LogP contribution in [0.2, 0.25) is 0 Å². The van der Waals surface area contributed by atoms with Gasteiger partial charge in [0.1, 0.15) is 5.69 Å². The maximum atomic E-state index is 12.2. The number of rotatable bonds is 4. The summed E-state index contributed by atoms with van der Waals surface area (Å²) >= 11 is 0. The van der Waals surface area contributed by atoms with Crippen LogP contribution in [0.4, 0.5) is 0 Å². The van der Waals surface area contributed by atoms with E-state index in [-0.39, 0.29) is 11.6 Å². The number of imidazole rings is 1. The summed E-state index contributed by atoms with van der Waals surface area (Å²) in [6.45, 7) is 2.04. The van der Waals surface area contributed by atoms with Crippen molar-refractivity contribution < 1.29 is 9.53 Å². The fourth-order valence-electron chi connectivity index (χ4n) is 2.38. The van der Waals surface area contributed by atoms with Crippen LogP contribution in [0.25, 0.3) is 5.69 Å². The van der Waals surface area contributed by atoms with Gasteiger partial charge in [-0.2, -0.15) is 0 Å². The number of ether oxygens (including phenoxy) is 1. The quantitative estimate of drug-likeness (QED) is 0.868. The molecule has 20 heavy (non-hydrogen) atoms. The van der Waals surface area contributed by atoms with Crippen LogP contribution in [0.1, 0.15) is 41.9 Å². The van der Waals surface area contributed by atoms with Gasteiger partial charge in [0.15, 0.2) is 0 Å². The van der Waals surface area contributed by atoms with Crippen molar-refractivity contribution in [3.05, 3.63) is 52.2 Å². The molecule has 5 heteroatoms. The number of H-pyrrole nitrogens is 1. The zero-order valence-electron chi connectivity index (χ0n) is 11.3. The molecule has 0 atom stereocenters. The van der Waals surface area contributed by atoms with Crippen molar-refractivity contribution in [2.75, 3.05) is 6.61 Å². The molecule has 0 radical (unpaired) electrons. The van der Waals surface area contributed by atoms with E-state index in [2.05, 4.69) is 4.98 Å². The van der Waals surface area contributed by atoms with Crippen molar-refractivity contribution >= 4 is 5.97 Å². The molecule has 1 aromatic carbocycles. The average Bonchev–Trinajstić information content (AvgIpc) is 3.23. The van der Waals surface area contributed by atoms with Crippen LogP contribution in [0, 0.1) is 0 Å². The number of esters is 1. The van der Waals surface area contributed by atoms with Crippen molar-refractivity contribution in [2.24, 2.45) is 0 Å². The van der Waals surface area contributed by atoms with Gasteiger partial charge in [0.2, 0.25) is 0 Å². The summed E-state index contributed by atoms with van der Waals surface area (Å²) in [5.41, 5.74) is 1.52. The van der Waals surface area contributed by atoms with Crippen LogP contribution in [-0.4, -0.2) is 22.1 Å². The van der Waals surface area contributed by atoms with E-state index >= 15 is 0 Å². The maximum Gasteiger partial charge on any atom is 0.356 e. The van der Waals surface area contributed by atoms with Crippen LogP contribution < -0.4 is 5.69 Å². The molecule has 0 aliphatic heterocycles. The molecular formula is C15H16N2O3. The molecule has 3 rings (SSSR count). The molecule has 5 nitrogen and oxygen atoms in total. The largest absolute Gasteiger partial charge is 0.461 e. The Bertz CT molecular complexity index is 681. The number of aromatic amines is 1. The van der Waals surface area contributed by atoms with E-state index in [0.29, 0.717) is 12.3 Å². The Balaban J connectivity index is 2.15.